The first-order chi connectivity index (χ1) is 7.81. The van der Waals surface area contributed by atoms with Gasteiger partial charge in [-0.2, -0.15) is 0 Å². The maximum atomic E-state index is 5.37. The Labute approximate surface area is 101 Å². The molecule has 0 spiro atoms. The summed E-state index contributed by atoms with van der Waals surface area (Å²) >= 11 is 0.0310. The van der Waals surface area contributed by atoms with Crippen molar-refractivity contribution >= 4 is 31.6 Å². The van der Waals surface area contributed by atoms with E-state index in [9.17, 15) is 0 Å². The third-order valence-corrected chi connectivity index (χ3v) is 3.40. The predicted octanol–water partition coefficient (Wildman–Crippen LogP) is 2.87. The summed E-state index contributed by atoms with van der Waals surface area (Å²) in [5, 5.41) is 3.41. The van der Waals surface area contributed by atoms with Crippen LogP contribution in [0.25, 0.3) is 0 Å². The number of anilines is 1. The minimum atomic E-state index is 0.0310. The van der Waals surface area contributed by atoms with Gasteiger partial charge in [-0.25, -0.2) is 0 Å². The summed E-state index contributed by atoms with van der Waals surface area (Å²) in [6.07, 6.45) is 0. The molecule has 1 unspecified atom stereocenters. The Bertz CT molecular complexity index is 441. The topological polar surface area (TPSA) is 46.0 Å². The third-order valence-electron chi connectivity index (χ3n) is 2.26. The number of hydrogen-bond donors (Lipinski definition) is 1. The molecule has 4 nitrogen and oxygen atoms in total. The molecule has 0 bridgehead atoms. The first kappa shape index (κ1) is 11.6. The van der Waals surface area contributed by atoms with Crippen LogP contribution in [0.1, 0.15) is 13.8 Å². The van der Waals surface area contributed by atoms with Crippen LogP contribution in [-0.2, 0) is 4.74 Å². The molecule has 86 valence electrons. The molecule has 1 aromatic rings. The molecule has 16 heavy (non-hydrogen) atoms. The van der Waals surface area contributed by atoms with Gasteiger partial charge in [-0.1, -0.05) is 0 Å². The van der Waals surface area contributed by atoms with Crippen LogP contribution in [0, 0.1) is 0 Å². The monoisotopic (exact) mass is 285 g/mol. The van der Waals surface area contributed by atoms with Crippen LogP contribution in [0.4, 0.5) is 17.1 Å². The Kier molecular flexibility index (Phi) is 3.93. The van der Waals surface area contributed by atoms with Crippen LogP contribution in [0.15, 0.2) is 26.1 Å². The molecule has 0 saturated heterocycles. The van der Waals surface area contributed by atoms with Crippen molar-refractivity contribution < 1.29 is 4.74 Å². The van der Waals surface area contributed by atoms with E-state index in [4.69, 9.17) is 4.74 Å². The van der Waals surface area contributed by atoms with Gasteiger partial charge in [0.05, 0.1) is 0 Å². The van der Waals surface area contributed by atoms with Crippen molar-refractivity contribution in [1.29, 1.82) is 0 Å². The molecule has 5 heteroatoms. The first-order valence-corrected chi connectivity index (χ1v) is 6.90. The Morgan fingerprint density at radius 2 is 2.31 bits per heavy atom. The molecule has 0 radical (unpaired) electrons. The Hall–Kier alpha value is -0.901. The molecule has 1 atom stereocenters. The van der Waals surface area contributed by atoms with Gasteiger partial charge in [0.1, 0.15) is 0 Å². The Morgan fingerprint density at radius 1 is 1.44 bits per heavy atom. The van der Waals surface area contributed by atoms with Gasteiger partial charge in [0.2, 0.25) is 0 Å². The van der Waals surface area contributed by atoms with Gasteiger partial charge in [-0.15, -0.1) is 0 Å². The SMILES string of the molecule is CCOCC(C)Nc1cccc2c1N=[Se]=N2. The van der Waals surface area contributed by atoms with Gasteiger partial charge >= 0.3 is 101 Å². The minimum absolute atomic E-state index is 0.0310. The molecule has 2 rings (SSSR count). The van der Waals surface area contributed by atoms with Gasteiger partial charge in [-0.05, 0) is 0 Å². The summed E-state index contributed by atoms with van der Waals surface area (Å²) in [7, 11) is 0. The summed E-state index contributed by atoms with van der Waals surface area (Å²) in [5.74, 6) is 0. The second-order valence-electron chi connectivity index (χ2n) is 3.64. The van der Waals surface area contributed by atoms with E-state index in [-0.39, 0.29) is 20.6 Å². The summed E-state index contributed by atoms with van der Waals surface area (Å²) in [6.45, 7) is 5.57. The van der Waals surface area contributed by atoms with Crippen LogP contribution in [0.5, 0.6) is 0 Å². The molecule has 0 aliphatic carbocycles. The van der Waals surface area contributed by atoms with E-state index in [0.29, 0.717) is 6.61 Å². The number of hydrogen-bond acceptors (Lipinski definition) is 4. The van der Waals surface area contributed by atoms with Crippen LogP contribution in [0.3, 0.4) is 0 Å². The fraction of sp³-hybridized carbons (Fsp3) is 0.455. The molecule has 1 aliphatic heterocycles. The summed E-state index contributed by atoms with van der Waals surface area (Å²) in [6, 6.07) is 6.34. The van der Waals surface area contributed by atoms with Crippen molar-refractivity contribution in [2.75, 3.05) is 18.5 Å². The number of fused-ring (bicyclic) bond motifs is 1. The Balaban J connectivity index is 2.05. The quantitative estimate of drug-likeness (QED) is 0.858. The van der Waals surface area contributed by atoms with Crippen LogP contribution in [-0.4, -0.2) is 33.8 Å². The molecule has 0 aromatic heterocycles. The second-order valence-corrected chi connectivity index (χ2v) is 4.75. The fourth-order valence-electron chi connectivity index (χ4n) is 1.52. The van der Waals surface area contributed by atoms with Crippen molar-refractivity contribution in [2.24, 2.45) is 7.92 Å². The number of nitrogens with zero attached hydrogens (tertiary/aromatic N) is 2. The summed E-state index contributed by atoms with van der Waals surface area (Å²) < 4.78 is 14.2. The average Bonchev–Trinajstić information content (AvgIpc) is 2.75. The van der Waals surface area contributed by atoms with Gasteiger partial charge in [0, 0.05) is 0 Å². The van der Waals surface area contributed by atoms with E-state index in [0.717, 1.165) is 23.7 Å². The number of nitrogens with one attached hydrogen (secondary N) is 1. The van der Waals surface area contributed by atoms with E-state index in [1.54, 1.807) is 0 Å². The van der Waals surface area contributed by atoms with Crippen LogP contribution >= 0.6 is 0 Å². The molecule has 1 heterocycles. The second kappa shape index (κ2) is 5.43. The average molecular weight is 284 g/mol. The molecule has 0 amide bonds. The Morgan fingerprint density at radius 3 is 3.12 bits per heavy atom. The maximum absolute atomic E-state index is 5.37. The van der Waals surface area contributed by atoms with Gasteiger partial charge in [0.25, 0.3) is 0 Å². The molecule has 1 aromatic carbocycles. The zero-order chi connectivity index (χ0) is 11.4. The van der Waals surface area contributed by atoms with Crippen molar-refractivity contribution in [1.82, 2.24) is 0 Å². The standard InChI is InChI=1S/C11H15N3OSe/c1-3-15-7-8(2)12-9-5-4-6-10-11(9)14-16-13-10/h4-6,8,12H,3,7H2,1-2H3. The van der Waals surface area contributed by atoms with Crippen molar-refractivity contribution in [3.63, 3.8) is 0 Å². The van der Waals surface area contributed by atoms with Gasteiger partial charge in [0.15, 0.2) is 0 Å². The molecule has 0 fully saturated rings. The first-order valence-electron chi connectivity index (χ1n) is 5.37. The molecular formula is C11H15N3OSe. The predicted molar refractivity (Wildman–Crippen MR) is 65.9 cm³/mol. The van der Waals surface area contributed by atoms with Crippen LogP contribution in [0.2, 0.25) is 0 Å². The number of ether oxygens (including phenoxy) is 1. The van der Waals surface area contributed by atoms with Crippen molar-refractivity contribution in [3.8, 4) is 0 Å². The zero-order valence-electron chi connectivity index (χ0n) is 9.43. The third kappa shape index (κ3) is 2.61. The van der Waals surface area contributed by atoms with E-state index in [1.807, 2.05) is 25.1 Å². The number of benzene rings is 1. The van der Waals surface area contributed by atoms with E-state index in [2.05, 4.69) is 20.2 Å². The molecular weight excluding hydrogens is 269 g/mol. The van der Waals surface area contributed by atoms with Crippen LogP contribution < -0.4 is 5.32 Å². The van der Waals surface area contributed by atoms with E-state index >= 15 is 0 Å². The van der Waals surface area contributed by atoms with Crippen molar-refractivity contribution in [2.45, 2.75) is 19.9 Å². The van der Waals surface area contributed by atoms with Gasteiger partial charge in [-0.3, -0.25) is 0 Å². The van der Waals surface area contributed by atoms with Gasteiger partial charge < -0.3 is 0 Å². The number of rotatable bonds is 5. The fourth-order valence-corrected chi connectivity index (χ4v) is 2.68. The molecule has 1 aliphatic rings. The van der Waals surface area contributed by atoms with E-state index in [1.165, 1.54) is 0 Å². The van der Waals surface area contributed by atoms with Crippen molar-refractivity contribution in [3.05, 3.63) is 18.2 Å². The summed E-state index contributed by atoms with van der Waals surface area (Å²) in [5.41, 5.74) is 3.08. The summed E-state index contributed by atoms with van der Waals surface area (Å²) in [4.78, 5) is 0. The molecule has 1 N–H and O–H groups in total. The zero-order valence-corrected chi connectivity index (χ0v) is 11.1. The normalized spacial score (nSPS) is 14.4. The molecule has 0 saturated carbocycles. The van der Waals surface area contributed by atoms with E-state index < -0.39 is 0 Å².